The maximum absolute atomic E-state index is 4.36. The maximum atomic E-state index is 4.36. The summed E-state index contributed by atoms with van der Waals surface area (Å²) in [6.07, 6.45) is 0. The summed E-state index contributed by atoms with van der Waals surface area (Å²) in [4.78, 5) is 4.36. The van der Waals surface area contributed by atoms with E-state index in [1.807, 2.05) is 18.2 Å². The highest BCUT2D eigenvalue weighted by molar-refractivity contribution is 9.10. The highest BCUT2D eigenvalue weighted by atomic mass is 79.9. The molecule has 1 heterocycles. The molecule has 0 bridgehead atoms. The number of nitrogens with one attached hydrogen (secondary N) is 1. The first-order valence-corrected chi connectivity index (χ1v) is 5.95. The van der Waals surface area contributed by atoms with Gasteiger partial charge in [-0.1, -0.05) is 23.8 Å². The highest BCUT2D eigenvalue weighted by Crippen LogP contribution is 2.11. The van der Waals surface area contributed by atoms with Crippen LogP contribution in [0.3, 0.4) is 0 Å². The zero-order chi connectivity index (χ0) is 11.4. The molecule has 0 amide bonds. The van der Waals surface area contributed by atoms with Crippen LogP contribution in [0.5, 0.6) is 0 Å². The summed E-state index contributed by atoms with van der Waals surface area (Å²) >= 11 is 3.36. The number of hydrogen-bond acceptors (Lipinski definition) is 2. The van der Waals surface area contributed by atoms with E-state index in [2.05, 4.69) is 57.4 Å². The van der Waals surface area contributed by atoms with E-state index in [1.165, 1.54) is 5.56 Å². The number of halogens is 1. The van der Waals surface area contributed by atoms with Gasteiger partial charge in [-0.3, -0.25) is 0 Å². The second-order valence-electron chi connectivity index (χ2n) is 3.67. The first-order valence-electron chi connectivity index (χ1n) is 5.16. The molecule has 0 radical (unpaired) electrons. The third-order valence-corrected chi connectivity index (χ3v) is 2.74. The number of pyridine rings is 1. The lowest BCUT2D eigenvalue weighted by molar-refractivity contribution is 1.03. The largest absolute Gasteiger partial charge is 0.379 e. The Balaban J connectivity index is 1.99. The molecule has 2 nitrogen and oxygen atoms in total. The molecule has 1 aromatic heterocycles. The van der Waals surface area contributed by atoms with E-state index in [0.717, 1.165) is 22.5 Å². The molecule has 0 aliphatic heterocycles. The average molecular weight is 277 g/mol. The van der Waals surface area contributed by atoms with Crippen LogP contribution in [0.4, 0.5) is 5.69 Å². The van der Waals surface area contributed by atoms with Gasteiger partial charge in [0, 0.05) is 5.69 Å². The molecule has 16 heavy (non-hydrogen) atoms. The highest BCUT2D eigenvalue weighted by Gasteiger charge is 1.96. The minimum absolute atomic E-state index is 0.739. The second-order valence-corrected chi connectivity index (χ2v) is 4.48. The molecule has 0 spiro atoms. The van der Waals surface area contributed by atoms with Crippen molar-refractivity contribution < 1.29 is 0 Å². The monoisotopic (exact) mass is 276 g/mol. The first kappa shape index (κ1) is 11.1. The number of nitrogens with zero attached hydrogens (tertiary/aromatic N) is 1. The van der Waals surface area contributed by atoms with Crippen LogP contribution in [0.1, 0.15) is 11.3 Å². The fraction of sp³-hybridized carbons (Fsp3) is 0.154. The fourth-order valence-electron chi connectivity index (χ4n) is 1.41. The zero-order valence-electron chi connectivity index (χ0n) is 9.07. The van der Waals surface area contributed by atoms with Crippen LogP contribution in [-0.4, -0.2) is 4.98 Å². The van der Waals surface area contributed by atoms with E-state index in [0.29, 0.717) is 0 Å². The molecule has 1 aromatic carbocycles. The van der Waals surface area contributed by atoms with E-state index in [1.54, 1.807) is 0 Å². The quantitative estimate of drug-likeness (QED) is 0.864. The molecule has 0 fully saturated rings. The minimum Gasteiger partial charge on any atom is -0.379 e. The van der Waals surface area contributed by atoms with Crippen LogP contribution in [0, 0.1) is 6.92 Å². The van der Waals surface area contributed by atoms with Gasteiger partial charge in [0.25, 0.3) is 0 Å². The standard InChI is InChI=1S/C13H13BrN2/c1-10-5-7-11(8-6-10)15-9-12-3-2-4-13(14)16-12/h2-8,15H,9H2,1H3. The first-order chi connectivity index (χ1) is 7.74. The molecular weight excluding hydrogens is 264 g/mol. The molecular formula is C13H13BrN2. The summed E-state index contributed by atoms with van der Waals surface area (Å²) in [5, 5.41) is 3.33. The number of aryl methyl sites for hydroxylation is 1. The Morgan fingerprint density at radius 3 is 2.56 bits per heavy atom. The fourth-order valence-corrected chi connectivity index (χ4v) is 1.79. The van der Waals surface area contributed by atoms with Crippen LogP contribution >= 0.6 is 15.9 Å². The van der Waals surface area contributed by atoms with Gasteiger partial charge in [0.2, 0.25) is 0 Å². The van der Waals surface area contributed by atoms with Gasteiger partial charge in [-0.25, -0.2) is 4.98 Å². The zero-order valence-corrected chi connectivity index (χ0v) is 10.7. The van der Waals surface area contributed by atoms with Crippen LogP contribution in [-0.2, 0) is 6.54 Å². The smallest absolute Gasteiger partial charge is 0.106 e. The molecule has 0 aliphatic rings. The molecule has 0 aliphatic carbocycles. The Kier molecular flexibility index (Phi) is 3.57. The number of benzene rings is 1. The Morgan fingerprint density at radius 1 is 1.12 bits per heavy atom. The maximum Gasteiger partial charge on any atom is 0.106 e. The van der Waals surface area contributed by atoms with Crippen molar-refractivity contribution in [2.45, 2.75) is 13.5 Å². The average Bonchev–Trinajstić information content (AvgIpc) is 2.28. The molecule has 0 saturated heterocycles. The summed E-state index contributed by atoms with van der Waals surface area (Å²) in [5.74, 6) is 0. The normalized spacial score (nSPS) is 10.1. The minimum atomic E-state index is 0.739. The third-order valence-electron chi connectivity index (χ3n) is 2.30. The summed E-state index contributed by atoms with van der Waals surface area (Å²) in [5.41, 5.74) is 3.41. The van der Waals surface area contributed by atoms with Gasteiger partial charge >= 0.3 is 0 Å². The Morgan fingerprint density at radius 2 is 1.88 bits per heavy atom. The van der Waals surface area contributed by atoms with Gasteiger partial charge < -0.3 is 5.32 Å². The molecule has 0 unspecified atom stereocenters. The van der Waals surface area contributed by atoms with Crippen molar-refractivity contribution in [3.8, 4) is 0 Å². The van der Waals surface area contributed by atoms with E-state index in [-0.39, 0.29) is 0 Å². The molecule has 3 heteroatoms. The van der Waals surface area contributed by atoms with Gasteiger partial charge in [0.15, 0.2) is 0 Å². The van der Waals surface area contributed by atoms with Gasteiger partial charge in [0.1, 0.15) is 4.60 Å². The van der Waals surface area contributed by atoms with Gasteiger partial charge in [0.05, 0.1) is 12.2 Å². The number of anilines is 1. The van der Waals surface area contributed by atoms with Crippen molar-refractivity contribution in [2.75, 3.05) is 5.32 Å². The molecule has 2 rings (SSSR count). The van der Waals surface area contributed by atoms with E-state index in [4.69, 9.17) is 0 Å². The van der Waals surface area contributed by atoms with Crippen LogP contribution in [0.25, 0.3) is 0 Å². The summed E-state index contributed by atoms with van der Waals surface area (Å²) in [6.45, 7) is 2.82. The molecule has 1 N–H and O–H groups in total. The van der Waals surface area contributed by atoms with Crippen molar-refractivity contribution in [2.24, 2.45) is 0 Å². The van der Waals surface area contributed by atoms with Crippen LogP contribution in [0.15, 0.2) is 47.1 Å². The van der Waals surface area contributed by atoms with Gasteiger partial charge in [-0.05, 0) is 47.1 Å². The van der Waals surface area contributed by atoms with E-state index >= 15 is 0 Å². The van der Waals surface area contributed by atoms with Crippen molar-refractivity contribution in [1.82, 2.24) is 4.98 Å². The molecule has 82 valence electrons. The van der Waals surface area contributed by atoms with Gasteiger partial charge in [-0.15, -0.1) is 0 Å². The summed E-state index contributed by atoms with van der Waals surface area (Å²) in [7, 11) is 0. The lowest BCUT2D eigenvalue weighted by atomic mass is 10.2. The SMILES string of the molecule is Cc1ccc(NCc2cccc(Br)n2)cc1. The Labute approximate surface area is 104 Å². The summed E-state index contributed by atoms with van der Waals surface area (Å²) < 4.78 is 0.871. The predicted molar refractivity (Wildman–Crippen MR) is 70.4 cm³/mol. The summed E-state index contributed by atoms with van der Waals surface area (Å²) in [6, 6.07) is 14.3. The lowest BCUT2D eigenvalue weighted by Crippen LogP contribution is -2.01. The van der Waals surface area contributed by atoms with Crippen molar-refractivity contribution in [3.63, 3.8) is 0 Å². The lowest BCUT2D eigenvalue weighted by Gasteiger charge is -2.06. The molecule has 0 saturated carbocycles. The van der Waals surface area contributed by atoms with Crippen molar-refractivity contribution in [1.29, 1.82) is 0 Å². The third kappa shape index (κ3) is 3.07. The topological polar surface area (TPSA) is 24.9 Å². The predicted octanol–water partition coefficient (Wildman–Crippen LogP) is 3.76. The van der Waals surface area contributed by atoms with Crippen molar-refractivity contribution >= 4 is 21.6 Å². The van der Waals surface area contributed by atoms with Crippen LogP contribution in [0.2, 0.25) is 0 Å². The Hall–Kier alpha value is -1.35. The van der Waals surface area contributed by atoms with Gasteiger partial charge in [-0.2, -0.15) is 0 Å². The second kappa shape index (κ2) is 5.12. The molecule has 2 aromatic rings. The number of rotatable bonds is 3. The Bertz CT molecular complexity index is 466. The van der Waals surface area contributed by atoms with Crippen molar-refractivity contribution in [3.05, 3.63) is 58.3 Å². The van der Waals surface area contributed by atoms with E-state index < -0.39 is 0 Å². The number of hydrogen-bond donors (Lipinski definition) is 1. The number of aromatic nitrogens is 1. The van der Waals surface area contributed by atoms with E-state index in [9.17, 15) is 0 Å². The van der Waals surface area contributed by atoms with Crippen LogP contribution < -0.4 is 5.32 Å². The molecule has 0 atom stereocenters.